The quantitative estimate of drug-likeness (QED) is 0.654. The number of rotatable bonds is 5. The number of amides is 2. The molecule has 0 fully saturated rings. The molecule has 0 unspecified atom stereocenters. The lowest BCUT2D eigenvalue weighted by molar-refractivity contribution is -0.120. The van der Waals surface area contributed by atoms with E-state index in [1.54, 1.807) is 6.92 Å². The van der Waals surface area contributed by atoms with Crippen molar-refractivity contribution < 1.29 is 14.0 Å². The topological polar surface area (TPSA) is 70.6 Å². The Balaban J connectivity index is 1.86. The fraction of sp³-hybridized carbons (Fsp3) is 0.167. The number of nitrogens with one attached hydrogen (secondary N) is 2. The molecule has 24 heavy (non-hydrogen) atoms. The van der Waals surface area contributed by atoms with E-state index in [0.717, 1.165) is 17.2 Å². The minimum Gasteiger partial charge on any atom is -0.343 e. The molecule has 5 nitrogen and oxygen atoms in total. The number of halogens is 1. The van der Waals surface area contributed by atoms with Gasteiger partial charge in [-0.1, -0.05) is 35.9 Å². The highest BCUT2D eigenvalue weighted by Gasteiger charge is 2.08. The molecule has 124 valence electrons. The first-order valence-electron chi connectivity index (χ1n) is 7.39. The third kappa shape index (κ3) is 5.01. The van der Waals surface area contributed by atoms with Crippen molar-refractivity contribution in [1.82, 2.24) is 10.7 Å². The van der Waals surface area contributed by atoms with E-state index in [0.29, 0.717) is 5.71 Å². The Labute approximate surface area is 139 Å². The molecular formula is C18H18FN3O2. The zero-order valence-corrected chi connectivity index (χ0v) is 13.5. The second-order valence-corrected chi connectivity index (χ2v) is 5.29. The summed E-state index contributed by atoms with van der Waals surface area (Å²) in [6, 6.07) is 13.0. The number of carbonyl (C=O) groups is 2. The van der Waals surface area contributed by atoms with Gasteiger partial charge in [0.25, 0.3) is 11.8 Å². The van der Waals surface area contributed by atoms with Crippen molar-refractivity contribution in [2.45, 2.75) is 13.8 Å². The van der Waals surface area contributed by atoms with E-state index in [-0.39, 0.29) is 12.1 Å². The van der Waals surface area contributed by atoms with Crippen LogP contribution in [0.25, 0.3) is 0 Å². The Morgan fingerprint density at radius 3 is 2.46 bits per heavy atom. The zero-order valence-electron chi connectivity index (χ0n) is 13.5. The van der Waals surface area contributed by atoms with Crippen LogP contribution < -0.4 is 10.7 Å². The lowest BCUT2D eigenvalue weighted by Crippen LogP contribution is -2.35. The first kappa shape index (κ1) is 17.3. The molecule has 0 aliphatic heterocycles. The summed E-state index contributed by atoms with van der Waals surface area (Å²) in [5.74, 6) is -1.50. The zero-order chi connectivity index (χ0) is 17.5. The minimum absolute atomic E-state index is 0.155. The van der Waals surface area contributed by atoms with Gasteiger partial charge in [-0.05, 0) is 37.6 Å². The van der Waals surface area contributed by atoms with Crippen LogP contribution in [0, 0.1) is 12.7 Å². The summed E-state index contributed by atoms with van der Waals surface area (Å²) in [5.41, 5.74) is 5.21. The van der Waals surface area contributed by atoms with Crippen LogP contribution >= 0.6 is 0 Å². The molecule has 0 aliphatic carbocycles. The minimum atomic E-state index is -0.524. The van der Waals surface area contributed by atoms with Crippen LogP contribution in [-0.2, 0) is 4.79 Å². The fourth-order valence-corrected chi connectivity index (χ4v) is 1.94. The van der Waals surface area contributed by atoms with Gasteiger partial charge in [0.2, 0.25) is 0 Å². The number of hydrogen-bond acceptors (Lipinski definition) is 3. The number of aryl methyl sites for hydroxylation is 1. The van der Waals surface area contributed by atoms with Gasteiger partial charge < -0.3 is 5.32 Å². The summed E-state index contributed by atoms with van der Waals surface area (Å²) in [7, 11) is 0. The predicted octanol–water partition coefficient (Wildman–Crippen LogP) is 2.40. The summed E-state index contributed by atoms with van der Waals surface area (Å²) < 4.78 is 13.0. The van der Waals surface area contributed by atoms with E-state index in [1.807, 2.05) is 31.2 Å². The Bertz CT molecular complexity index is 770. The molecule has 0 atom stereocenters. The lowest BCUT2D eigenvalue weighted by Gasteiger charge is -2.06. The average molecular weight is 327 g/mol. The van der Waals surface area contributed by atoms with E-state index in [9.17, 15) is 14.0 Å². The molecule has 0 heterocycles. The summed E-state index contributed by atoms with van der Waals surface area (Å²) >= 11 is 0. The first-order valence-corrected chi connectivity index (χ1v) is 7.39. The molecule has 0 bridgehead atoms. The third-order valence-corrected chi connectivity index (χ3v) is 3.31. The molecular weight excluding hydrogens is 309 g/mol. The summed E-state index contributed by atoms with van der Waals surface area (Å²) in [5, 5.41) is 6.40. The number of hydrogen-bond donors (Lipinski definition) is 2. The van der Waals surface area contributed by atoms with Gasteiger partial charge in [0, 0.05) is 5.56 Å². The molecule has 6 heteroatoms. The second kappa shape index (κ2) is 8.01. The lowest BCUT2D eigenvalue weighted by atomic mass is 10.1. The van der Waals surface area contributed by atoms with Crippen molar-refractivity contribution in [3.05, 3.63) is 71.0 Å². The van der Waals surface area contributed by atoms with Crippen LogP contribution in [0.5, 0.6) is 0 Å². The smallest absolute Gasteiger partial charge is 0.259 e. The van der Waals surface area contributed by atoms with Gasteiger partial charge in [0.05, 0.1) is 12.3 Å². The highest BCUT2D eigenvalue weighted by Crippen LogP contribution is 2.04. The van der Waals surface area contributed by atoms with E-state index in [4.69, 9.17) is 0 Å². The molecule has 0 saturated carbocycles. The van der Waals surface area contributed by atoms with Gasteiger partial charge in [0.1, 0.15) is 5.82 Å². The molecule has 0 saturated heterocycles. The molecule has 0 radical (unpaired) electrons. The number of carbonyl (C=O) groups excluding carboxylic acids is 2. The molecule has 0 aliphatic rings. The largest absolute Gasteiger partial charge is 0.343 e. The summed E-state index contributed by atoms with van der Waals surface area (Å²) in [6.07, 6.45) is 0. The number of hydrazone groups is 1. The molecule has 2 amide bonds. The van der Waals surface area contributed by atoms with Crippen molar-refractivity contribution in [2.24, 2.45) is 5.10 Å². The highest BCUT2D eigenvalue weighted by molar-refractivity contribution is 6.00. The fourth-order valence-electron chi connectivity index (χ4n) is 1.94. The van der Waals surface area contributed by atoms with Gasteiger partial charge >= 0.3 is 0 Å². The van der Waals surface area contributed by atoms with Crippen LogP contribution in [-0.4, -0.2) is 24.1 Å². The van der Waals surface area contributed by atoms with E-state index in [2.05, 4.69) is 15.8 Å². The van der Waals surface area contributed by atoms with Gasteiger partial charge in [-0.25, -0.2) is 9.82 Å². The molecule has 2 N–H and O–H groups in total. The molecule has 0 spiro atoms. The van der Waals surface area contributed by atoms with E-state index >= 15 is 0 Å². The Kier molecular flexibility index (Phi) is 5.78. The van der Waals surface area contributed by atoms with Crippen LogP contribution in [0.2, 0.25) is 0 Å². The SMILES string of the molecule is C/C(=N\NC(=O)CNC(=O)c1cccc(F)c1)c1ccc(C)cc1. The van der Waals surface area contributed by atoms with Crippen molar-refractivity contribution >= 4 is 17.5 Å². The molecule has 2 rings (SSSR count). The molecule has 0 aromatic heterocycles. The van der Waals surface area contributed by atoms with E-state index < -0.39 is 17.6 Å². The maximum absolute atomic E-state index is 13.0. The Hall–Kier alpha value is -3.02. The predicted molar refractivity (Wildman–Crippen MR) is 90.3 cm³/mol. The summed E-state index contributed by atoms with van der Waals surface area (Å²) in [4.78, 5) is 23.5. The normalized spacial score (nSPS) is 11.0. The standard InChI is InChI=1S/C18H18FN3O2/c1-12-6-8-14(9-7-12)13(2)21-22-17(23)11-20-18(24)15-4-3-5-16(19)10-15/h3-10H,11H2,1-2H3,(H,20,24)(H,22,23)/b21-13+. The number of benzene rings is 2. The maximum Gasteiger partial charge on any atom is 0.259 e. The summed E-state index contributed by atoms with van der Waals surface area (Å²) in [6.45, 7) is 3.51. The first-order chi connectivity index (χ1) is 11.5. The average Bonchev–Trinajstić information content (AvgIpc) is 2.58. The molecule has 2 aromatic rings. The van der Waals surface area contributed by atoms with Gasteiger partial charge in [-0.15, -0.1) is 0 Å². The van der Waals surface area contributed by atoms with Crippen molar-refractivity contribution in [3.8, 4) is 0 Å². The van der Waals surface area contributed by atoms with Crippen LogP contribution in [0.4, 0.5) is 4.39 Å². The van der Waals surface area contributed by atoms with Crippen molar-refractivity contribution in [3.63, 3.8) is 0 Å². The third-order valence-electron chi connectivity index (χ3n) is 3.31. The van der Waals surface area contributed by atoms with Crippen molar-refractivity contribution in [1.29, 1.82) is 0 Å². The van der Waals surface area contributed by atoms with Gasteiger partial charge in [-0.3, -0.25) is 9.59 Å². The number of nitrogens with zero attached hydrogens (tertiary/aromatic N) is 1. The highest BCUT2D eigenvalue weighted by atomic mass is 19.1. The second-order valence-electron chi connectivity index (χ2n) is 5.29. The monoisotopic (exact) mass is 327 g/mol. The van der Waals surface area contributed by atoms with E-state index in [1.165, 1.54) is 18.2 Å². The van der Waals surface area contributed by atoms with Crippen LogP contribution in [0.15, 0.2) is 53.6 Å². The Morgan fingerprint density at radius 2 is 1.79 bits per heavy atom. The van der Waals surface area contributed by atoms with Crippen LogP contribution in [0.1, 0.15) is 28.4 Å². The van der Waals surface area contributed by atoms with Gasteiger partial charge in [0.15, 0.2) is 0 Å². The Morgan fingerprint density at radius 1 is 1.08 bits per heavy atom. The van der Waals surface area contributed by atoms with Crippen LogP contribution in [0.3, 0.4) is 0 Å². The van der Waals surface area contributed by atoms with Gasteiger partial charge in [-0.2, -0.15) is 5.10 Å². The molecule has 2 aromatic carbocycles. The maximum atomic E-state index is 13.0. The van der Waals surface area contributed by atoms with Crippen molar-refractivity contribution in [2.75, 3.05) is 6.54 Å².